The van der Waals surface area contributed by atoms with Crippen LogP contribution >= 0.6 is 11.6 Å². The number of nitrogens with zero attached hydrogens (tertiary/aromatic N) is 1. The number of rotatable bonds is 5. The van der Waals surface area contributed by atoms with Gasteiger partial charge >= 0.3 is 7.12 Å². The molecule has 126 valence electrons. The maximum Gasteiger partial charge on any atom is 0.488 e. The van der Waals surface area contributed by atoms with Gasteiger partial charge in [-0.15, -0.1) is 0 Å². The summed E-state index contributed by atoms with van der Waals surface area (Å²) in [5.74, 6) is 0.203. The Labute approximate surface area is 141 Å². The van der Waals surface area contributed by atoms with Gasteiger partial charge in [0.2, 0.25) is 0 Å². The first-order chi connectivity index (χ1) is 11.1. The number of hydrogen-bond donors (Lipinski definition) is 2. The van der Waals surface area contributed by atoms with Crippen molar-refractivity contribution in [2.75, 3.05) is 39.5 Å². The van der Waals surface area contributed by atoms with E-state index in [0.717, 1.165) is 32.5 Å². The standard InChI is InChI=1S/C15H21BClNO5/c17-13-11-12(16(19)20)1-2-14(13)21-8-7-18-5-3-15(4-6-18)22-9-10-23-15/h1-2,11,19-20H,3-10H2. The zero-order valence-electron chi connectivity index (χ0n) is 12.9. The van der Waals surface area contributed by atoms with E-state index >= 15 is 0 Å². The molecule has 0 saturated carbocycles. The number of hydrogen-bond acceptors (Lipinski definition) is 6. The predicted molar refractivity (Wildman–Crippen MR) is 87.1 cm³/mol. The van der Waals surface area contributed by atoms with Crippen LogP contribution in [0.5, 0.6) is 5.75 Å². The Morgan fingerprint density at radius 2 is 1.91 bits per heavy atom. The van der Waals surface area contributed by atoms with Crippen molar-refractivity contribution in [1.29, 1.82) is 0 Å². The van der Waals surface area contributed by atoms with Gasteiger partial charge in [-0.3, -0.25) is 4.90 Å². The molecule has 0 amide bonds. The van der Waals surface area contributed by atoms with Gasteiger partial charge in [-0.2, -0.15) is 0 Å². The van der Waals surface area contributed by atoms with Crippen LogP contribution in [0, 0.1) is 0 Å². The van der Waals surface area contributed by atoms with E-state index in [0.29, 0.717) is 36.1 Å². The maximum atomic E-state index is 9.10. The summed E-state index contributed by atoms with van der Waals surface area (Å²) in [5.41, 5.74) is 0.347. The highest BCUT2D eigenvalue weighted by Crippen LogP contribution is 2.31. The molecular weight excluding hydrogens is 320 g/mol. The fourth-order valence-electron chi connectivity index (χ4n) is 2.98. The SMILES string of the molecule is OB(O)c1ccc(OCCN2CCC3(CC2)OCCO3)c(Cl)c1. The Kier molecular flexibility index (Phi) is 5.46. The summed E-state index contributed by atoms with van der Waals surface area (Å²) in [6.45, 7) is 4.56. The highest BCUT2D eigenvalue weighted by atomic mass is 35.5. The molecule has 6 nitrogen and oxygen atoms in total. The Morgan fingerprint density at radius 3 is 2.52 bits per heavy atom. The van der Waals surface area contributed by atoms with Gasteiger partial charge in [0.05, 0.1) is 18.2 Å². The monoisotopic (exact) mass is 341 g/mol. The lowest BCUT2D eigenvalue weighted by atomic mass is 9.80. The lowest BCUT2D eigenvalue weighted by Gasteiger charge is -2.37. The maximum absolute atomic E-state index is 9.10. The van der Waals surface area contributed by atoms with E-state index < -0.39 is 7.12 Å². The normalized spacial score (nSPS) is 20.8. The van der Waals surface area contributed by atoms with Crippen LogP contribution in [-0.2, 0) is 9.47 Å². The van der Waals surface area contributed by atoms with E-state index in [1.165, 1.54) is 6.07 Å². The zero-order chi connectivity index (χ0) is 16.3. The molecule has 0 aromatic heterocycles. The molecule has 0 bridgehead atoms. The molecule has 23 heavy (non-hydrogen) atoms. The minimum Gasteiger partial charge on any atom is -0.491 e. The highest BCUT2D eigenvalue weighted by molar-refractivity contribution is 6.59. The molecule has 1 aromatic carbocycles. The number of piperidine rings is 1. The molecule has 2 heterocycles. The summed E-state index contributed by atoms with van der Waals surface area (Å²) < 4.78 is 17.1. The van der Waals surface area contributed by atoms with E-state index in [9.17, 15) is 0 Å². The summed E-state index contributed by atoms with van der Waals surface area (Å²) in [6, 6.07) is 4.74. The molecule has 2 aliphatic rings. The van der Waals surface area contributed by atoms with Gasteiger partial charge in [0, 0.05) is 32.5 Å². The smallest absolute Gasteiger partial charge is 0.488 e. The third-order valence-electron chi connectivity index (χ3n) is 4.35. The van der Waals surface area contributed by atoms with Gasteiger partial charge in [0.1, 0.15) is 12.4 Å². The minimum absolute atomic E-state index is 0.346. The Morgan fingerprint density at radius 1 is 1.22 bits per heavy atom. The van der Waals surface area contributed by atoms with Crippen molar-refractivity contribution < 1.29 is 24.3 Å². The second-order valence-electron chi connectivity index (χ2n) is 5.86. The van der Waals surface area contributed by atoms with Crippen molar-refractivity contribution in [3.05, 3.63) is 23.2 Å². The molecule has 2 N–H and O–H groups in total. The molecule has 1 aromatic rings. The molecular formula is C15H21BClNO5. The molecule has 0 atom stereocenters. The Bertz CT molecular complexity index is 529. The summed E-state index contributed by atoms with van der Waals surface area (Å²) in [4.78, 5) is 2.32. The van der Waals surface area contributed by atoms with E-state index in [-0.39, 0.29) is 5.79 Å². The molecule has 8 heteroatoms. The van der Waals surface area contributed by atoms with Gasteiger partial charge in [-0.1, -0.05) is 17.7 Å². The van der Waals surface area contributed by atoms with Crippen LogP contribution in [-0.4, -0.2) is 67.3 Å². The largest absolute Gasteiger partial charge is 0.491 e. The molecule has 1 spiro atoms. The second kappa shape index (κ2) is 7.38. The second-order valence-corrected chi connectivity index (χ2v) is 6.27. The van der Waals surface area contributed by atoms with Gasteiger partial charge in [-0.25, -0.2) is 0 Å². The van der Waals surface area contributed by atoms with Gasteiger partial charge in [0.25, 0.3) is 0 Å². The number of halogens is 1. The van der Waals surface area contributed by atoms with E-state index in [1.54, 1.807) is 12.1 Å². The van der Waals surface area contributed by atoms with Crippen molar-refractivity contribution in [3.63, 3.8) is 0 Å². The minimum atomic E-state index is -1.53. The Hall–Kier alpha value is -0.825. The van der Waals surface area contributed by atoms with E-state index in [1.807, 2.05) is 0 Å². The molecule has 3 rings (SSSR count). The number of benzene rings is 1. The van der Waals surface area contributed by atoms with Crippen LogP contribution in [0.3, 0.4) is 0 Å². The third-order valence-corrected chi connectivity index (χ3v) is 4.65. The van der Waals surface area contributed by atoms with Crippen molar-refractivity contribution in [3.8, 4) is 5.75 Å². The molecule has 2 fully saturated rings. The van der Waals surface area contributed by atoms with Crippen LogP contribution in [0.1, 0.15) is 12.8 Å². The first kappa shape index (κ1) is 17.0. The average molecular weight is 342 g/mol. The van der Waals surface area contributed by atoms with Gasteiger partial charge < -0.3 is 24.3 Å². The summed E-state index contributed by atoms with van der Waals surface area (Å²) in [7, 11) is -1.53. The Balaban J connectivity index is 1.43. The molecule has 0 radical (unpaired) electrons. The van der Waals surface area contributed by atoms with Crippen LogP contribution in [0.15, 0.2) is 18.2 Å². The fourth-order valence-corrected chi connectivity index (χ4v) is 3.23. The molecule has 2 saturated heterocycles. The van der Waals surface area contributed by atoms with Crippen molar-refractivity contribution in [1.82, 2.24) is 4.90 Å². The van der Waals surface area contributed by atoms with Crippen molar-refractivity contribution >= 4 is 24.2 Å². The first-order valence-electron chi connectivity index (χ1n) is 7.87. The van der Waals surface area contributed by atoms with E-state index in [4.69, 9.17) is 35.9 Å². The molecule has 0 aliphatic carbocycles. The molecule has 2 aliphatic heterocycles. The predicted octanol–water partition coefficient (Wildman–Crippen LogP) is 0.237. The van der Waals surface area contributed by atoms with Crippen molar-refractivity contribution in [2.24, 2.45) is 0 Å². The van der Waals surface area contributed by atoms with Gasteiger partial charge in [-0.05, 0) is 17.6 Å². The topological polar surface area (TPSA) is 71.4 Å². The van der Waals surface area contributed by atoms with Crippen LogP contribution < -0.4 is 10.2 Å². The number of ether oxygens (including phenoxy) is 3. The average Bonchev–Trinajstić information content (AvgIpc) is 2.99. The summed E-state index contributed by atoms with van der Waals surface area (Å²) in [5, 5.41) is 18.6. The molecule has 0 unspecified atom stereocenters. The zero-order valence-corrected chi connectivity index (χ0v) is 13.7. The van der Waals surface area contributed by atoms with Crippen LogP contribution in [0.4, 0.5) is 0 Å². The summed E-state index contributed by atoms with van der Waals surface area (Å²) >= 11 is 6.08. The lowest BCUT2D eigenvalue weighted by Crippen LogP contribution is -2.46. The number of likely N-dealkylation sites (tertiary alicyclic amines) is 1. The van der Waals surface area contributed by atoms with Gasteiger partial charge in [0.15, 0.2) is 5.79 Å². The van der Waals surface area contributed by atoms with E-state index in [2.05, 4.69) is 4.90 Å². The third kappa shape index (κ3) is 4.18. The van der Waals surface area contributed by atoms with Crippen LogP contribution in [0.2, 0.25) is 5.02 Å². The lowest BCUT2D eigenvalue weighted by molar-refractivity contribution is -0.185. The van der Waals surface area contributed by atoms with Crippen molar-refractivity contribution in [2.45, 2.75) is 18.6 Å². The fraction of sp³-hybridized carbons (Fsp3) is 0.600. The van der Waals surface area contributed by atoms with Crippen LogP contribution in [0.25, 0.3) is 0 Å². The first-order valence-corrected chi connectivity index (χ1v) is 8.24. The highest BCUT2D eigenvalue weighted by Gasteiger charge is 2.39. The quantitative estimate of drug-likeness (QED) is 0.748. The summed E-state index contributed by atoms with van der Waals surface area (Å²) in [6.07, 6.45) is 1.77.